The first-order valence-electron chi connectivity index (χ1n) is 4.78. The van der Waals surface area contributed by atoms with Crippen molar-refractivity contribution in [2.24, 2.45) is 5.84 Å². The Bertz CT molecular complexity index is 159. The van der Waals surface area contributed by atoms with Crippen molar-refractivity contribution >= 4 is 5.91 Å². The van der Waals surface area contributed by atoms with Crippen LogP contribution in [0.2, 0.25) is 0 Å². The van der Waals surface area contributed by atoms with E-state index in [1.807, 2.05) is 6.92 Å². The average molecular weight is 187 g/mol. The van der Waals surface area contributed by atoms with E-state index >= 15 is 0 Å². The lowest BCUT2D eigenvalue weighted by molar-refractivity contribution is -0.122. The van der Waals surface area contributed by atoms with Gasteiger partial charge in [0.25, 0.3) is 0 Å². The topological polar surface area (TPSA) is 58.4 Å². The fourth-order valence-corrected chi connectivity index (χ4v) is 1.63. The highest BCUT2D eigenvalue weighted by Gasteiger charge is 2.17. The van der Waals surface area contributed by atoms with E-state index in [-0.39, 0.29) is 11.9 Å². The summed E-state index contributed by atoms with van der Waals surface area (Å²) in [6, 6.07) is 0.708. The molecular formula is C9H21N3O. The van der Waals surface area contributed by atoms with Crippen LogP contribution in [0.15, 0.2) is 0 Å². The summed E-state index contributed by atoms with van der Waals surface area (Å²) >= 11 is 0. The molecule has 0 heterocycles. The molecule has 1 amide bonds. The fraction of sp³-hybridized carbons (Fsp3) is 0.889. The minimum atomic E-state index is -0.105. The number of rotatable bonds is 5. The molecule has 0 bridgehead atoms. The van der Waals surface area contributed by atoms with Gasteiger partial charge in [0.2, 0.25) is 5.91 Å². The third kappa shape index (κ3) is 4.24. The van der Waals surface area contributed by atoms with Crippen molar-refractivity contribution in [1.29, 1.82) is 0 Å². The average Bonchev–Trinajstić information content (AvgIpc) is 2.04. The molecule has 78 valence electrons. The summed E-state index contributed by atoms with van der Waals surface area (Å²) in [5.41, 5.74) is 2.15. The van der Waals surface area contributed by atoms with Crippen LogP contribution in [-0.2, 0) is 4.79 Å². The van der Waals surface area contributed by atoms with Crippen LogP contribution in [-0.4, -0.2) is 29.4 Å². The van der Waals surface area contributed by atoms with Crippen molar-refractivity contribution in [3.8, 4) is 0 Å². The van der Waals surface area contributed by atoms with Crippen LogP contribution >= 0.6 is 0 Å². The summed E-state index contributed by atoms with van der Waals surface area (Å²) in [4.78, 5) is 13.3. The van der Waals surface area contributed by atoms with Gasteiger partial charge in [-0.25, -0.2) is 5.84 Å². The van der Waals surface area contributed by atoms with Crippen molar-refractivity contribution in [1.82, 2.24) is 10.3 Å². The minimum absolute atomic E-state index is 0.105. The van der Waals surface area contributed by atoms with Gasteiger partial charge in [0.15, 0.2) is 0 Å². The standard InChI is InChI=1S/C9H21N3O/c1-5-12(7(2)3)8(4)6-9(13)11-10/h7-8H,5-6,10H2,1-4H3,(H,11,13). The second kappa shape index (κ2) is 5.94. The predicted molar refractivity (Wildman–Crippen MR) is 53.9 cm³/mol. The van der Waals surface area contributed by atoms with Crippen LogP contribution < -0.4 is 11.3 Å². The lowest BCUT2D eigenvalue weighted by atomic mass is 10.1. The van der Waals surface area contributed by atoms with Crippen LogP contribution in [0.1, 0.15) is 34.1 Å². The van der Waals surface area contributed by atoms with Gasteiger partial charge in [0.1, 0.15) is 0 Å². The summed E-state index contributed by atoms with van der Waals surface area (Å²) in [6.07, 6.45) is 0.461. The van der Waals surface area contributed by atoms with Gasteiger partial charge in [0.05, 0.1) is 0 Å². The van der Waals surface area contributed by atoms with E-state index in [1.54, 1.807) is 0 Å². The van der Waals surface area contributed by atoms with Crippen LogP contribution in [0.4, 0.5) is 0 Å². The summed E-state index contributed by atoms with van der Waals surface area (Å²) < 4.78 is 0. The highest BCUT2D eigenvalue weighted by Crippen LogP contribution is 2.07. The number of amides is 1. The Morgan fingerprint density at radius 1 is 1.46 bits per heavy atom. The Morgan fingerprint density at radius 3 is 2.31 bits per heavy atom. The normalized spacial score (nSPS) is 13.5. The highest BCUT2D eigenvalue weighted by atomic mass is 16.2. The molecule has 0 aliphatic carbocycles. The van der Waals surface area contributed by atoms with Crippen molar-refractivity contribution in [3.63, 3.8) is 0 Å². The summed E-state index contributed by atoms with van der Waals surface area (Å²) in [5.74, 6) is 4.91. The Morgan fingerprint density at radius 2 is 2.00 bits per heavy atom. The van der Waals surface area contributed by atoms with Gasteiger partial charge in [-0.3, -0.25) is 15.1 Å². The number of carbonyl (C=O) groups excluding carboxylic acids is 1. The molecule has 0 saturated heterocycles. The number of hydrogen-bond donors (Lipinski definition) is 2. The second-order valence-electron chi connectivity index (χ2n) is 3.54. The van der Waals surface area contributed by atoms with Crippen molar-refractivity contribution < 1.29 is 4.79 Å². The molecule has 4 nitrogen and oxygen atoms in total. The molecule has 0 rings (SSSR count). The Labute approximate surface area is 80.4 Å². The van der Waals surface area contributed by atoms with E-state index in [9.17, 15) is 4.79 Å². The molecule has 1 unspecified atom stereocenters. The van der Waals surface area contributed by atoms with E-state index in [1.165, 1.54) is 0 Å². The molecule has 13 heavy (non-hydrogen) atoms. The predicted octanol–water partition coefficient (Wildman–Crippen LogP) is 0.485. The minimum Gasteiger partial charge on any atom is -0.298 e. The third-order valence-corrected chi connectivity index (χ3v) is 2.24. The second-order valence-corrected chi connectivity index (χ2v) is 3.54. The number of nitrogens with one attached hydrogen (secondary N) is 1. The molecule has 0 spiro atoms. The largest absolute Gasteiger partial charge is 0.298 e. The van der Waals surface area contributed by atoms with Crippen LogP contribution in [0, 0.1) is 0 Å². The molecule has 4 heteroatoms. The Kier molecular flexibility index (Phi) is 5.66. The van der Waals surface area contributed by atoms with Gasteiger partial charge in [0, 0.05) is 18.5 Å². The van der Waals surface area contributed by atoms with Crippen molar-refractivity contribution in [3.05, 3.63) is 0 Å². The van der Waals surface area contributed by atoms with Crippen molar-refractivity contribution in [2.75, 3.05) is 6.54 Å². The number of nitrogens with two attached hydrogens (primary N) is 1. The SMILES string of the molecule is CCN(C(C)C)C(C)CC(=O)NN. The molecule has 0 aromatic heterocycles. The first kappa shape index (κ1) is 12.4. The van der Waals surface area contributed by atoms with Gasteiger partial charge >= 0.3 is 0 Å². The quantitative estimate of drug-likeness (QED) is 0.374. The van der Waals surface area contributed by atoms with Crippen LogP contribution in [0.25, 0.3) is 0 Å². The number of carbonyl (C=O) groups is 1. The van der Waals surface area contributed by atoms with Gasteiger partial charge < -0.3 is 0 Å². The lowest BCUT2D eigenvalue weighted by Gasteiger charge is -2.30. The maximum absolute atomic E-state index is 11.0. The zero-order valence-corrected chi connectivity index (χ0v) is 9.00. The Hall–Kier alpha value is -0.610. The zero-order valence-electron chi connectivity index (χ0n) is 9.00. The molecule has 0 radical (unpaired) electrons. The van der Waals surface area contributed by atoms with Gasteiger partial charge in [-0.05, 0) is 27.3 Å². The summed E-state index contributed by atoms with van der Waals surface area (Å²) in [7, 11) is 0. The smallest absolute Gasteiger partial charge is 0.235 e. The van der Waals surface area contributed by atoms with Gasteiger partial charge in [-0.2, -0.15) is 0 Å². The van der Waals surface area contributed by atoms with E-state index in [4.69, 9.17) is 5.84 Å². The molecule has 0 aliphatic rings. The maximum Gasteiger partial charge on any atom is 0.235 e. The molecule has 0 saturated carbocycles. The van der Waals surface area contributed by atoms with E-state index in [0.717, 1.165) is 6.54 Å². The van der Waals surface area contributed by atoms with E-state index < -0.39 is 0 Å². The molecule has 0 aliphatic heterocycles. The fourth-order valence-electron chi connectivity index (χ4n) is 1.63. The summed E-state index contributed by atoms with van der Waals surface area (Å²) in [5, 5.41) is 0. The van der Waals surface area contributed by atoms with E-state index in [0.29, 0.717) is 12.5 Å². The van der Waals surface area contributed by atoms with Crippen LogP contribution in [0.3, 0.4) is 0 Å². The summed E-state index contributed by atoms with van der Waals surface area (Å²) in [6.45, 7) is 9.34. The first-order valence-corrected chi connectivity index (χ1v) is 4.78. The highest BCUT2D eigenvalue weighted by molar-refractivity contribution is 5.75. The monoisotopic (exact) mass is 187 g/mol. The molecule has 3 N–H and O–H groups in total. The van der Waals surface area contributed by atoms with E-state index in [2.05, 4.69) is 31.1 Å². The molecule has 0 aromatic rings. The first-order chi connectivity index (χ1) is 6.02. The molecule has 0 fully saturated rings. The number of hydrogen-bond acceptors (Lipinski definition) is 3. The van der Waals surface area contributed by atoms with Crippen LogP contribution in [0.5, 0.6) is 0 Å². The Balaban J connectivity index is 4.05. The molecular weight excluding hydrogens is 166 g/mol. The van der Waals surface area contributed by atoms with Crippen molar-refractivity contribution in [2.45, 2.75) is 46.2 Å². The number of hydrazine groups is 1. The third-order valence-electron chi connectivity index (χ3n) is 2.24. The van der Waals surface area contributed by atoms with Gasteiger partial charge in [-0.1, -0.05) is 6.92 Å². The maximum atomic E-state index is 11.0. The van der Waals surface area contributed by atoms with Gasteiger partial charge in [-0.15, -0.1) is 0 Å². The zero-order chi connectivity index (χ0) is 10.4. The lowest BCUT2D eigenvalue weighted by Crippen LogP contribution is -2.42. The molecule has 1 atom stereocenters. The molecule has 0 aromatic carbocycles. The number of nitrogens with zero attached hydrogens (tertiary/aromatic N) is 1.